The maximum atomic E-state index is 5.93. The second kappa shape index (κ2) is 10.9. The average Bonchev–Trinajstić information content (AvgIpc) is 3.01. The number of nitrogens with zero attached hydrogens (tertiary/aromatic N) is 4. The number of morpholine rings is 1. The van der Waals surface area contributed by atoms with E-state index in [4.69, 9.17) is 9.73 Å². The lowest BCUT2D eigenvalue weighted by molar-refractivity contribution is -0.00806. The monoisotopic (exact) mass is 449 g/mol. The molecule has 7 heteroatoms. The van der Waals surface area contributed by atoms with Gasteiger partial charge in [0.05, 0.1) is 19.3 Å². The molecule has 1 aliphatic rings. The summed E-state index contributed by atoms with van der Waals surface area (Å²) in [7, 11) is 1.94. The van der Waals surface area contributed by atoms with Gasteiger partial charge in [-0.25, -0.2) is 0 Å². The summed E-state index contributed by atoms with van der Waals surface area (Å²) in [6, 6.07) is 0. The van der Waals surface area contributed by atoms with Gasteiger partial charge in [0.25, 0.3) is 0 Å². The molecule has 0 saturated carbocycles. The van der Waals surface area contributed by atoms with Crippen LogP contribution in [0.15, 0.2) is 17.4 Å². The molecule has 138 valence electrons. The molecular formula is C17H32IN5O. The van der Waals surface area contributed by atoms with Crippen molar-refractivity contribution in [2.45, 2.75) is 39.7 Å². The van der Waals surface area contributed by atoms with Crippen LogP contribution in [-0.4, -0.2) is 53.4 Å². The number of aryl methyl sites for hydroxylation is 1. The second-order valence-corrected chi connectivity index (χ2v) is 6.13. The number of halogens is 1. The SMILES string of the molecule is CCNC(=NCC(CC)CC)N1CCOC(c2cnn(C)c2)C1.I. The van der Waals surface area contributed by atoms with Crippen molar-refractivity contribution in [3.8, 4) is 0 Å². The third-order valence-corrected chi connectivity index (χ3v) is 4.45. The molecule has 0 bridgehead atoms. The summed E-state index contributed by atoms with van der Waals surface area (Å²) < 4.78 is 7.75. The van der Waals surface area contributed by atoms with Gasteiger partial charge in [0.2, 0.25) is 0 Å². The highest BCUT2D eigenvalue weighted by Crippen LogP contribution is 2.21. The first-order valence-electron chi connectivity index (χ1n) is 8.81. The Balaban J connectivity index is 0.00000288. The number of aromatic nitrogens is 2. The summed E-state index contributed by atoms with van der Waals surface area (Å²) >= 11 is 0. The van der Waals surface area contributed by atoms with Crippen LogP contribution in [0.2, 0.25) is 0 Å². The number of ether oxygens (including phenoxy) is 1. The largest absolute Gasteiger partial charge is 0.370 e. The van der Waals surface area contributed by atoms with E-state index in [0.29, 0.717) is 5.92 Å². The molecule has 2 heterocycles. The van der Waals surface area contributed by atoms with Gasteiger partial charge in [-0.2, -0.15) is 5.10 Å². The highest BCUT2D eigenvalue weighted by atomic mass is 127. The predicted molar refractivity (Wildman–Crippen MR) is 109 cm³/mol. The fraction of sp³-hybridized carbons (Fsp3) is 0.765. The number of guanidine groups is 1. The number of aliphatic imine (C=N–C) groups is 1. The fourth-order valence-corrected chi connectivity index (χ4v) is 2.84. The van der Waals surface area contributed by atoms with E-state index >= 15 is 0 Å². The lowest BCUT2D eigenvalue weighted by Crippen LogP contribution is -2.48. The Labute approximate surface area is 163 Å². The van der Waals surface area contributed by atoms with Gasteiger partial charge in [-0.3, -0.25) is 9.67 Å². The Morgan fingerprint density at radius 1 is 1.42 bits per heavy atom. The van der Waals surface area contributed by atoms with Crippen LogP contribution < -0.4 is 5.32 Å². The van der Waals surface area contributed by atoms with Crippen LogP contribution in [0.3, 0.4) is 0 Å². The highest BCUT2D eigenvalue weighted by Gasteiger charge is 2.25. The minimum absolute atomic E-state index is 0. The van der Waals surface area contributed by atoms with E-state index in [9.17, 15) is 0 Å². The van der Waals surface area contributed by atoms with Crippen LogP contribution in [0, 0.1) is 5.92 Å². The van der Waals surface area contributed by atoms with E-state index in [-0.39, 0.29) is 30.1 Å². The zero-order chi connectivity index (χ0) is 16.7. The van der Waals surface area contributed by atoms with E-state index in [0.717, 1.165) is 44.3 Å². The third kappa shape index (κ3) is 5.91. The highest BCUT2D eigenvalue weighted by molar-refractivity contribution is 14.0. The van der Waals surface area contributed by atoms with Crippen LogP contribution in [-0.2, 0) is 11.8 Å². The van der Waals surface area contributed by atoms with Crippen molar-refractivity contribution in [2.24, 2.45) is 18.0 Å². The Morgan fingerprint density at radius 2 is 2.17 bits per heavy atom. The first-order valence-corrected chi connectivity index (χ1v) is 8.81. The molecule has 1 aromatic rings. The summed E-state index contributed by atoms with van der Waals surface area (Å²) in [5.41, 5.74) is 1.13. The predicted octanol–water partition coefficient (Wildman–Crippen LogP) is 2.81. The quantitative estimate of drug-likeness (QED) is 0.412. The molecule has 1 aromatic heterocycles. The zero-order valence-corrected chi connectivity index (χ0v) is 17.7. The first kappa shape index (κ1) is 21.2. The van der Waals surface area contributed by atoms with Gasteiger partial charge >= 0.3 is 0 Å². The van der Waals surface area contributed by atoms with Gasteiger partial charge in [0.1, 0.15) is 6.10 Å². The molecule has 0 aliphatic carbocycles. The number of hydrogen-bond acceptors (Lipinski definition) is 3. The van der Waals surface area contributed by atoms with Crippen molar-refractivity contribution >= 4 is 29.9 Å². The van der Waals surface area contributed by atoms with Crippen LogP contribution in [0.4, 0.5) is 0 Å². The van der Waals surface area contributed by atoms with E-state index < -0.39 is 0 Å². The van der Waals surface area contributed by atoms with Crippen LogP contribution >= 0.6 is 24.0 Å². The summed E-state index contributed by atoms with van der Waals surface area (Å²) in [5, 5.41) is 7.68. The lowest BCUT2D eigenvalue weighted by atomic mass is 10.0. The van der Waals surface area contributed by atoms with E-state index in [1.165, 1.54) is 12.8 Å². The lowest BCUT2D eigenvalue weighted by Gasteiger charge is -2.35. The molecular weight excluding hydrogens is 417 g/mol. The molecule has 0 amide bonds. The molecule has 2 rings (SSSR count). The minimum Gasteiger partial charge on any atom is -0.370 e. The molecule has 0 radical (unpaired) electrons. The summed E-state index contributed by atoms with van der Waals surface area (Å²) in [4.78, 5) is 7.18. The summed E-state index contributed by atoms with van der Waals surface area (Å²) in [6.45, 7) is 10.8. The molecule has 1 N–H and O–H groups in total. The Bertz CT molecular complexity index is 501. The zero-order valence-electron chi connectivity index (χ0n) is 15.4. The van der Waals surface area contributed by atoms with Crippen molar-refractivity contribution in [3.05, 3.63) is 18.0 Å². The Morgan fingerprint density at radius 3 is 2.75 bits per heavy atom. The topological polar surface area (TPSA) is 54.7 Å². The Hall–Kier alpha value is -0.830. The van der Waals surface area contributed by atoms with Crippen molar-refractivity contribution in [3.63, 3.8) is 0 Å². The smallest absolute Gasteiger partial charge is 0.194 e. The van der Waals surface area contributed by atoms with Crippen molar-refractivity contribution in [2.75, 3.05) is 32.8 Å². The van der Waals surface area contributed by atoms with E-state index in [1.807, 2.05) is 24.1 Å². The van der Waals surface area contributed by atoms with Gasteiger partial charge in [0, 0.05) is 38.4 Å². The molecule has 6 nitrogen and oxygen atoms in total. The van der Waals surface area contributed by atoms with E-state index in [2.05, 4.69) is 36.1 Å². The molecule has 1 saturated heterocycles. The van der Waals surface area contributed by atoms with Gasteiger partial charge in [0.15, 0.2) is 5.96 Å². The maximum Gasteiger partial charge on any atom is 0.194 e. The molecule has 1 unspecified atom stereocenters. The average molecular weight is 449 g/mol. The second-order valence-electron chi connectivity index (χ2n) is 6.13. The molecule has 1 aliphatic heterocycles. The minimum atomic E-state index is 0. The van der Waals surface area contributed by atoms with Crippen molar-refractivity contribution in [1.29, 1.82) is 0 Å². The third-order valence-electron chi connectivity index (χ3n) is 4.45. The van der Waals surface area contributed by atoms with Crippen LogP contribution in [0.25, 0.3) is 0 Å². The van der Waals surface area contributed by atoms with Crippen LogP contribution in [0.1, 0.15) is 45.3 Å². The van der Waals surface area contributed by atoms with Gasteiger partial charge in [-0.05, 0) is 12.8 Å². The number of rotatable bonds is 6. The van der Waals surface area contributed by atoms with Gasteiger partial charge < -0.3 is 15.0 Å². The maximum absolute atomic E-state index is 5.93. The number of nitrogens with one attached hydrogen (secondary N) is 1. The normalized spacial score (nSPS) is 18.6. The Kier molecular flexibility index (Phi) is 9.65. The molecule has 1 fully saturated rings. The molecule has 1 atom stereocenters. The molecule has 24 heavy (non-hydrogen) atoms. The summed E-state index contributed by atoms with van der Waals surface area (Å²) in [5.74, 6) is 1.68. The number of hydrogen-bond donors (Lipinski definition) is 1. The van der Waals surface area contributed by atoms with Crippen molar-refractivity contribution in [1.82, 2.24) is 20.0 Å². The van der Waals surface area contributed by atoms with Gasteiger partial charge in [-0.15, -0.1) is 24.0 Å². The standard InChI is InChI=1S/C17H31N5O.HI/c1-5-14(6-2)10-19-17(18-7-3)22-8-9-23-16(13-22)15-11-20-21(4)12-15;/h11-12,14,16H,5-10,13H2,1-4H3,(H,18,19);1H. The van der Waals surface area contributed by atoms with Crippen LogP contribution in [0.5, 0.6) is 0 Å². The molecule has 0 aromatic carbocycles. The summed E-state index contributed by atoms with van der Waals surface area (Å²) in [6.07, 6.45) is 6.35. The molecule has 0 spiro atoms. The van der Waals surface area contributed by atoms with Crippen molar-refractivity contribution < 1.29 is 4.74 Å². The fourth-order valence-electron chi connectivity index (χ4n) is 2.84. The first-order chi connectivity index (χ1) is 11.2. The van der Waals surface area contributed by atoms with Gasteiger partial charge in [-0.1, -0.05) is 26.7 Å². The van der Waals surface area contributed by atoms with E-state index in [1.54, 1.807) is 0 Å².